The molecule has 0 bridgehead atoms. The molecule has 1 aromatic carbocycles. The number of benzene rings is 1. The smallest absolute Gasteiger partial charge is 0.313 e. The Bertz CT molecular complexity index is 399. The Labute approximate surface area is 93.0 Å². The monoisotopic (exact) mass is 226 g/mol. The van der Waals surface area contributed by atoms with Gasteiger partial charge in [-0.25, -0.2) is 0 Å². The average Bonchev–Trinajstić information content (AvgIpc) is 2.21. The van der Waals surface area contributed by atoms with Gasteiger partial charge >= 0.3 is 5.97 Å². The highest BCUT2D eigenvalue weighted by Crippen LogP contribution is 2.17. The van der Waals surface area contributed by atoms with Crippen LogP contribution in [0.1, 0.15) is 22.3 Å². The number of hydrogen-bond donors (Lipinski definition) is 0. The lowest BCUT2D eigenvalue weighted by Gasteiger charge is -2.02. The SMILES string of the molecule is COC(=O)CC(=O)c1ccc(C)c(Cl)c1. The lowest BCUT2D eigenvalue weighted by molar-refractivity contribution is -0.139. The lowest BCUT2D eigenvalue weighted by atomic mass is 10.1. The van der Waals surface area contributed by atoms with Gasteiger partial charge in [-0.1, -0.05) is 23.7 Å². The molecule has 0 fully saturated rings. The van der Waals surface area contributed by atoms with Gasteiger partial charge in [0.1, 0.15) is 6.42 Å². The van der Waals surface area contributed by atoms with Crippen molar-refractivity contribution in [2.24, 2.45) is 0 Å². The second-order valence-corrected chi connectivity index (χ2v) is 3.55. The van der Waals surface area contributed by atoms with Crippen molar-refractivity contribution in [3.05, 3.63) is 34.3 Å². The molecule has 0 aliphatic heterocycles. The van der Waals surface area contributed by atoms with Crippen LogP contribution in [0.25, 0.3) is 0 Å². The largest absolute Gasteiger partial charge is 0.469 e. The van der Waals surface area contributed by atoms with E-state index in [1.807, 2.05) is 6.92 Å². The summed E-state index contributed by atoms with van der Waals surface area (Å²) in [6, 6.07) is 4.95. The molecular weight excluding hydrogens is 216 g/mol. The number of ether oxygens (including phenoxy) is 1. The molecule has 15 heavy (non-hydrogen) atoms. The summed E-state index contributed by atoms with van der Waals surface area (Å²) in [7, 11) is 1.25. The first-order valence-electron chi connectivity index (χ1n) is 4.40. The minimum Gasteiger partial charge on any atom is -0.469 e. The van der Waals surface area contributed by atoms with Crippen molar-refractivity contribution in [3.63, 3.8) is 0 Å². The molecule has 0 aliphatic carbocycles. The van der Waals surface area contributed by atoms with Crippen molar-refractivity contribution in [1.29, 1.82) is 0 Å². The van der Waals surface area contributed by atoms with Gasteiger partial charge < -0.3 is 4.74 Å². The maximum Gasteiger partial charge on any atom is 0.313 e. The number of halogens is 1. The van der Waals surface area contributed by atoms with Crippen molar-refractivity contribution in [3.8, 4) is 0 Å². The van der Waals surface area contributed by atoms with Crippen LogP contribution in [0.5, 0.6) is 0 Å². The second-order valence-electron chi connectivity index (χ2n) is 3.14. The molecule has 0 heterocycles. The number of hydrogen-bond acceptors (Lipinski definition) is 3. The zero-order chi connectivity index (χ0) is 11.4. The quantitative estimate of drug-likeness (QED) is 0.452. The molecule has 0 saturated heterocycles. The Balaban J connectivity index is 2.83. The molecule has 0 spiro atoms. The van der Waals surface area contributed by atoms with Gasteiger partial charge in [-0.3, -0.25) is 9.59 Å². The van der Waals surface area contributed by atoms with E-state index in [0.29, 0.717) is 10.6 Å². The van der Waals surface area contributed by atoms with Crippen LogP contribution in [-0.2, 0) is 9.53 Å². The van der Waals surface area contributed by atoms with Crippen molar-refractivity contribution >= 4 is 23.4 Å². The number of carbonyl (C=O) groups is 2. The van der Waals surface area contributed by atoms with E-state index in [0.717, 1.165) is 5.56 Å². The minimum absolute atomic E-state index is 0.254. The second kappa shape index (κ2) is 4.94. The number of rotatable bonds is 3. The molecule has 1 rings (SSSR count). The number of ketones is 1. The Morgan fingerprint density at radius 2 is 2.07 bits per heavy atom. The first kappa shape index (κ1) is 11.7. The summed E-state index contributed by atoms with van der Waals surface area (Å²) < 4.78 is 4.40. The van der Waals surface area contributed by atoms with E-state index < -0.39 is 5.97 Å². The van der Waals surface area contributed by atoms with Crippen LogP contribution in [0.15, 0.2) is 18.2 Å². The lowest BCUT2D eigenvalue weighted by Crippen LogP contribution is -2.09. The van der Waals surface area contributed by atoms with E-state index >= 15 is 0 Å². The molecule has 1 aromatic rings. The molecule has 0 aromatic heterocycles. The third-order valence-corrected chi connectivity index (χ3v) is 2.43. The fourth-order valence-corrected chi connectivity index (χ4v) is 1.25. The Hall–Kier alpha value is -1.35. The van der Waals surface area contributed by atoms with Gasteiger partial charge in [0.05, 0.1) is 7.11 Å². The van der Waals surface area contributed by atoms with E-state index in [4.69, 9.17) is 11.6 Å². The topological polar surface area (TPSA) is 43.4 Å². The predicted octanol–water partition coefficient (Wildman–Crippen LogP) is 2.39. The standard InChI is InChI=1S/C11H11ClO3/c1-7-3-4-8(5-9(7)12)10(13)6-11(14)15-2/h3-5H,6H2,1-2H3. The number of Topliss-reactive ketones (excluding diaryl/α,β-unsaturated/α-hetero) is 1. The predicted molar refractivity (Wildman–Crippen MR) is 57.2 cm³/mol. The highest BCUT2D eigenvalue weighted by atomic mass is 35.5. The molecule has 0 saturated carbocycles. The van der Waals surface area contributed by atoms with Crippen LogP contribution >= 0.6 is 11.6 Å². The molecule has 0 N–H and O–H groups in total. The third kappa shape index (κ3) is 3.06. The van der Waals surface area contributed by atoms with Gasteiger partial charge in [-0.2, -0.15) is 0 Å². The van der Waals surface area contributed by atoms with Crippen LogP contribution < -0.4 is 0 Å². The minimum atomic E-state index is -0.545. The Morgan fingerprint density at radius 3 is 2.60 bits per heavy atom. The van der Waals surface area contributed by atoms with Crippen molar-refractivity contribution in [1.82, 2.24) is 0 Å². The number of esters is 1. The number of carbonyl (C=O) groups excluding carboxylic acids is 2. The zero-order valence-electron chi connectivity index (χ0n) is 8.54. The van der Waals surface area contributed by atoms with Crippen LogP contribution in [0, 0.1) is 6.92 Å². The summed E-state index contributed by atoms with van der Waals surface area (Å²) in [4.78, 5) is 22.4. The van der Waals surface area contributed by atoms with Crippen molar-refractivity contribution < 1.29 is 14.3 Å². The number of aryl methyl sites for hydroxylation is 1. The summed E-state index contributed by atoms with van der Waals surface area (Å²) in [5.41, 5.74) is 1.32. The maximum atomic E-state index is 11.5. The molecule has 0 atom stereocenters. The Morgan fingerprint density at radius 1 is 1.40 bits per heavy atom. The van der Waals surface area contributed by atoms with Crippen LogP contribution in [0.4, 0.5) is 0 Å². The van der Waals surface area contributed by atoms with Crippen molar-refractivity contribution in [2.45, 2.75) is 13.3 Å². The summed E-state index contributed by atoms with van der Waals surface area (Å²) >= 11 is 5.86. The van der Waals surface area contributed by atoms with E-state index in [-0.39, 0.29) is 12.2 Å². The molecule has 3 nitrogen and oxygen atoms in total. The van der Waals surface area contributed by atoms with E-state index in [1.165, 1.54) is 7.11 Å². The van der Waals surface area contributed by atoms with E-state index in [9.17, 15) is 9.59 Å². The molecule has 0 unspecified atom stereocenters. The van der Waals surface area contributed by atoms with Crippen molar-refractivity contribution in [2.75, 3.05) is 7.11 Å². The molecule has 80 valence electrons. The fraction of sp³-hybridized carbons (Fsp3) is 0.273. The first-order valence-corrected chi connectivity index (χ1v) is 4.78. The summed E-state index contributed by atoms with van der Waals surface area (Å²) in [6.07, 6.45) is -0.254. The summed E-state index contributed by atoms with van der Waals surface area (Å²) in [5, 5.41) is 0.519. The third-order valence-electron chi connectivity index (χ3n) is 2.03. The highest BCUT2D eigenvalue weighted by Gasteiger charge is 2.12. The molecule has 0 aliphatic rings. The summed E-state index contributed by atoms with van der Waals surface area (Å²) in [5.74, 6) is -0.833. The van der Waals surface area contributed by atoms with Crippen LogP contribution in [-0.4, -0.2) is 18.9 Å². The van der Waals surface area contributed by atoms with Gasteiger partial charge in [0.2, 0.25) is 0 Å². The molecular formula is C11H11ClO3. The van der Waals surface area contributed by atoms with Crippen LogP contribution in [0.3, 0.4) is 0 Å². The zero-order valence-corrected chi connectivity index (χ0v) is 9.30. The van der Waals surface area contributed by atoms with Gasteiger partial charge in [0.25, 0.3) is 0 Å². The van der Waals surface area contributed by atoms with Gasteiger partial charge in [-0.05, 0) is 18.6 Å². The normalized spacial score (nSPS) is 9.80. The van der Waals surface area contributed by atoms with Gasteiger partial charge in [0, 0.05) is 10.6 Å². The van der Waals surface area contributed by atoms with Gasteiger partial charge in [-0.15, -0.1) is 0 Å². The summed E-state index contributed by atoms with van der Waals surface area (Å²) in [6.45, 7) is 1.84. The number of methoxy groups -OCH3 is 1. The average molecular weight is 227 g/mol. The van der Waals surface area contributed by atoms with E-state index in [2.05, 4.69) is 4.74 Å². The Kier molecular flexibility index (Phi) is 3.86. The van der Waals surface area contributed by atoms with Gasteiger partial charge in [0.15, 0.2) is 5.78 Å². The van der Waals surface area contributed by atoms with E-state index in [1.54, 1.807) is 18.2 Å². The maximum absolute atomic E-state index is 11.5. The molecule has 4 heteroatoms. The molecule has 0 amide bonds. The molecule has 0 radical (unpaired) electrons. The first-order chi connectivity index (χ1) is 7.04. The van der Waals surface area contributed by atoms with Crippen LogP contribution in [0.2, 0.25) is 5.02 Å². The fourth-order valence-electron chi connectivity index (χ4n) is 1.07. The highest BCUT2D eigenvalue weighted by molar-refractivity contribution is 6.31.